The van der Waals surface area contributed by atoms with Crippen molar-refractivity contribution in [3.63, 3.8) is 0 Å². The minimum atomic E-state index is -0.377. The number of hydrogen-bond donors (Lipinski definition) is 0. The molecule has 1 aromatic rings. The molecule has 1 aromatic carbocycles. The van der Waals surface area contributed by atoms with E-state index in [1.807, 2.05) is 38.1 Å². The van der Waals surface area contributed by atoms with Crippen LogP contribution in [0.3, 0.4) is 0 Å². The molecule has 4 heteroatoms. The highest BCUT2D eigenvalue weighted by molar-refractivity contribution is 9.10. The number of hydrogen-bond acceptors (Lipinski definition) is 3. The van der Waals surface area contributed by atoms with Crippen molar-refractivity contribution in [1.29, 1.82) is 0 Å². The summed E-state index contributed by atoms with van der Waals surface area (Å²) in [6.07, 6.45) is 0. The molecule has 0 bridgehead atoms. The zero-order valence-corrected chi connectivity index (χ0v) is 10.5. The summed E-state index contributed by atoms with van der Waals surface area (Å²) in [4.78, 5) is 15.6. The Morgan fingerprint density at radius 1 is 1.25 bits per heavy atom. The second-order valence-electron chi connectivity index (χ2n) is 3.66. The summed E-state index contributed by atoms with van der Waals surface area (Å²) in [5.41, 5.74) is 2.06. The van der Waals surface area contributed by atoms with Crippen LogP contribution in [0.4, 0.5) is 0 Å². The van der Waals surface area contributed by atoms with Crippen molar-refractivity contribution in [3.05, 3.63) is 45.6 Å². The fourth-order valence-electron chi connectivity index (χ4n) is 1.34. The Morgan fingerprint density at radius 3 is 2.38 bits per heavy atom. The van der Waals surface area contributed by atoms with Crippen molar-refractivity contribution in [1.82, 2.24) is 0 Å². The third-order valence-corrected chi connectivity index (χ3v) is 2.69. The van der Waals surface area contributed by atoms with Crippen LogP contribution < -0.4 is 0 Å². The summed E-state index contributed by atoms with van der Waals surface area (Å²) < 4.78 is 6.07. The van der Waals surface area contributed by atoms with E-state index in [0.29, 0.717) is 11.6 Å². The molecule has 1 aliphatic rings. The molecule has 0 N–H and O–H groups in total. The number of carbonyl (C=O) groups excluding carboxylic acids is 1. The second-order valence-corrected chi connectivity index (χ2v) is 4.58. The van der Waals surface area contributed by atoms with Crippen molar-refractivity contribution < 1.29 is 9.53 Å². The standard InChI is InChI=1S/C12H10BrNO2/c1-7(2)10-12(15)16-11(14-10)8-3-5-9(13)6-4-8/h3-6H,1-2H3. The molecule has 0 radical (unpaired) electrons. The summed E-state index contributed by atoms with van der Waals surface area (Å²) in [6.45, 7) is 3.68. The van der Waals surface area contributed by atoms with Crippen LogP contribution >= 0.6 is 15.9 Å². The van der Waals surface area contributed by atoms with Crippen molar-refractivity contribution in [2.45, 2.75) is 13.8 Å². The maximum absolute atomic E-state index is 11.5. The van der Waals surface area contributed by atoms with Gasteiger partial charge in [0.25, 0.3) is 0 Å². The van der Waals surface area contributed by atoms with E-state index in [-0.39, 0.29) is 5.97 Å². The van der Waals surface area contributed by atoms with E-state index in [0.717, 1.165) is 15.6 Å². The molecule has 2 rings (SSSR count). The Kier molecular flexibility index (Phi) is 2.92. The van der Waals surface area contributed by atoms with Crippen molar-refractivity contribution in [3.8, 4) is 0 Å². The largest absolute Gasteiger partial charge is 0.402 e. The van der Waals surface area contributed by atoms with Gasteiger partial charge in [0.15, 0.2) is 5.70 Å². The Balaban J connectivity index is 2.38. The molecule has 0 saturated heterocycles. The van der Waals surface area contributed by atoms with Crippen LogP contribution in [0.25, 0.3) is 0 Å². The zero-order valence-electron chi connectivity index (χ0n) is 8.95. The van der Waals surface area contributed by atoms with Crippen LogP contribution in [0.15, 0.2) is 45.0 Å². The summed E-state index contributed by atoms with van der Waals surface area (Å²) in [5, 5.41) is 0. The Labute approximate surface area is 102 Å². The molecule has 0 unspecified atom stereocenters. The molecule has 0 aliphatic carbocycles. The first-order valence-corrected chi connectivity index (χ1v) is 5.61. The molecule has 0 atom stereocenters. The van der Waals surface area contributed by atoms with E-state index in [4.69, 9.17) is 4.74 Å². The molecule has 16 heavy (non-hydrogen) atoms. The quantitative estimate of drug-likeness (QED) is 0.586. The molecule has 82 valence electrons. The average Bonchev–Trinajstić information content (AvgIpc) is 2.61. The van der Waals surface area contributed by atoms with Gasteiger partial charge in [0, 0.05) is 10.0 Å². The minimum absolute atomic E-state index is 0.369. The molecule has 0 aromatic heterocycles. The number of cyclic esters (lactones) is 1. The third-order valence-electron chi connectivity index (χ3n) is 2.16. The van der Waals surface area contributed by atoms with E-state index >= 15 is 0 Å². The number of benzene rings is 1. The predicted molar refractivity (Wildman–Crippen MR) is 65.1 cm³/mol. The monoisotopic (exact) mass is 279 g/mol. The van der Waals surface area contributed by atoms with Gasteiger partial charge in [-0.05, 0) is 43.7 Å². The fraction of sp³-hybridized carbons (Fsp3) is 0.167. The lowest BCUT2D eigenvalue weighted by molar-refractivity contribution is -0.130. The number of allylic oxidation sites excluding steroid dienone is 1. The molecule has 0 spiro atoms. The highest BCUT2D eigenvalue weighted by atomic mass is 79.9. The first kappa shape index (κ1) is 11.1. The van der Waals surface area contributed by atoms with Gasteiger partial charge in [-0.2, -0.15) is 0 Å². The van der Waals surface area contributed by atoms with E-state index in [2.05, 4.69) is 20.9 Å². The van der Waals surface area contributed by atoms with Gasteiger partial charge in [-0.1, -0.05) is 15.9 Å². The molecule has 1 aliphatic heterocycles. The highest BCUT2D eigenvalue weighted by Gasteiger charge is 2.24. The number of aliphatic imine (C=N–C) groups is 1. The summed E-state index contributed by atoms with van der Waals surface area (Å²) in [5.74, 6) is -0.00776. The van der Waals surface area contributed by atoms with Gasteiger partial charge in [-0.15, -0.1) is 0 Å². The Hall–Kier alpha value is -1.42. The first-order chi connectivity index (χ1) is 7.58. The molecule has 1 heterocycles. The van der Waals surface area contributed by atoms with Gasteiger partial charge in [0.2, 0.25) is 5.90 Å². The van der Waals surface area contributed by atoms with E-state index in [1.165, 1.54) is 0 Å². The lowest BCUT2D eigenvalue weighted by atomic mass is 10.2. The van der Waals surface area contributed by atoms with Crippen LogP contribution in [0, 0.1) is 0 Å². The Bertz CT molecular complexity index is 496. The van der Waals surface area contributed by atoms with Crippen molar-refractivity contribution >= 4 is 27.8 Å². The van der Waals surface area contributed by atoms with Gasteiger partial charge < -0.3 is 4.74 Å². The number of rotatable bonds is 1. The highest BCUT2D eigenvalue weighted by Crippen LogP contribution is 2.20. The summed E-state index contributed by atoms with van der Waals surface area (Å²) in [6, 6.07) is 7.46. The zero-order chi connectivity index (χ0) is 11.7. The minimum Gasteiger partial charge on any atom is -0.402 e. The lowest BCUT2D eigenvalue weighted by Gasteiger charge is -1.98. The van der Waals surface area contributed by atoms with Gasteiger partial charge in [-0.25, -0.2) is 9.79 Å². The van der Waals surface area contributed by atoms with E-state index in [1.54, 1.807) is 0 Å². The fourth-order valence-corrected chi connectivity index (χ4v) is 1.60. The van der Waals surface area contributed by atoms with E-state index in [9.17, 15) is 4.79 Å². The third kappa shape index (κ3) is 2.07. The maximum Gasteiger partial charge on any atom is 0.363 e. The second kappa shape index (κ2) is 4.22. The molecule has 3 nitrogen and oxygen atoms in total. The number of nitrogens with zero attached hydrogens (tertiary/aromatic N) is 1. The predicted octanol–water partition coefficient (Wildman–Crippen LogP) is 3.05. The molecular formula is C12H10BrNO2. The molecular weight excluding hydrogens is 270 g/mol. The van der Waals surface area contributed by atoms with Crippen LogP contribution in [-0.2, 0) is 9.53 Å². The molecule has 0 saturated carbocycles. The van der Waals surface area contributed by atoms with Crippen LogP contribution in [-0.4, -0.2) is 11.9 Å². The number of halogens is 1. The van der Waals surface area contributed by atoms with Crippen LogP contribution in [0.2, 0.25) is 0 Å². The maximum atomic E-state index is 11.5. The summed E-state index contributed by atoms with van der Waals surface area (Å²) >= 11 is 3.34. The number of ether oxygens (including phenoxy) is 1. The molecule has 0 amide bonds. The number of esters is 1. The van der Waals surface area contributed by atoms with Crippen molar-refractivity contribution in [2.75, 3.05) is 0 Å². The van der Waals surface area contributed by atoms with Gasteiger partial charge >= 0.3 is 5.97 Å². The van der Waals surface area contributed by atoms with Gasteiger partial charge in [0.1, 0.15) is 0 Å². The summed E-state index contributed by atoms with van der Waals surface area (Å²) in [7, 11) is 0. The smallest absolute Gasteiger partial charge is 0.363 e. The number of carbonyl (C=O) groups is 1. The Morgan fingerprint density at radius 2 is 1.88 bits per heavy atom. The topological polar surface area (TPSA) is 38.7 Å². The SMILES string of the molecule is CC(C)=C1N=C(c2ccc(Br)cc2)OC1=O. The van der Waals surface area contributed by atoms with E-state index < -0.39 is 0 Å². The molecule has 0 fully saturated rings. The normalized spacial score (nSPS) is 14.8. The first-order valence-electron chi connectivity index (χ1n) is 4.82. The van der Waals surface area contributed by atoms with Crippen LogP contribution in [0.5, 0.6) is 0 Å². The lowest BCUT2D eigenvalue weighted by Crippen LogP contribution is -2.05. The van der Waals surface area contributed by atoms with Gasteiger partial charge in [0.05, 0.1) is 0 Å². The van der Waals surface area contributed by atoms with Gasteiger partial charge in [-0.3, -0.25) is 0 Å². The van der Waals surface area contributed by atoms with Crippen LogP contribution in [0.1, 0.15) is 19.4 Å². The van der Waals surface area contributed by atoms with Crippen molar-refractivity contribution in [2.24, 2.45) is 4.99 Å². The average molecular weight is 280 g/mol.